The van der Waals surface area contributed by atoms with E-state index in [1.807, 2.05) is 40.0 Å². The van der Waals surface area contributed by atoms with Gasteiger partial charge in [-0.2, -0.15) is 4.98 Å². The highest BCUT2D eigenvalue weighted by molar-refractivity contribution is 14.0. The summed E-state index contributed by atoms with van der Waals surface area (Å²) in [6.45, 7) is 8.42. The van der Waals surface area contributed by atoms with Crippen molar-refractivity contribution in [1.29, 1.82) is 0 Å². The second kappa shape index (κ2) is 12.6. The van der Waals surface area contributed by atoms with E-state index >= 15 is 0 Å². The van der Waals surface area contributed by atoms with Gasteiger partial charge >= 0.3 is 0 Å². The van der Waals surface area contributed by atoms with Crippen LogP contribution in [-0.4, -0.2) is 65.0 Å². The van der Waals surface area contributed by atoms with Crippen molar-refractivity contribution in [3.05, 3.63) is 35.2 Å². The molecule has 0 saturated heterocycles. The molecule has 8 nitrogen and oxygen atoms in total. The van der Waals surface area contributed by atoms with Gasteiger partial charge in [0.15, 0.2) is 5.96 Å². The number of hydrogen-bond acceptors (Lipinski definition) is 5. The third-order valence-corrected chi connectivity index (χ3v) is 4.37. The van der Waals surface area contributed by atoms with Crippen LogP contribution in [0.5, 0.6) is 0 Å². The second-order valence-corrected chi connectivity index (χ2v) is 6.55. The van der Waals surface area contributed by atoms with Crippen molar-refractivity contribution in [3.8, 4) is 11.4 Å². The summed E-state index contributed by atoms with van der Waals surface area (Å²) in [5.41, 5.74) is 0.817. The van der Waals surface area contributed by atoms with Crippen LogP contribution in [0.25, 0.3) is 11.4 Å². The van der Waals surface area contributed by atoms with Crippen LogP contribution in [-0.2, 0) is 11.3 Å². The third-order valence-electron chi connectivity index (χ3n) is 4.12. The molecule has 0 unspecified atom stereocenters. The number of likely N-dealkylation sites (N-methyl/N-ethyl adjacent to an activating group) is 2. The number of aromatic nitrogens is 2. The van der Waals surface area contributed by atoms with Gasteiger partial charge in [0.05, 0.1) is 6.54 Å². The van der Waals surface area contributed by atoms with E-state index in [2.05, 4.69) is 20.4 Å². The number of guanidine groups is 1. The number of benzene rings is 1. The van der Waals surface area contributed by atoms with E-state index in [1.165, 1.54) is 0 Å². The molecule has 29 heavy (non-hydrogen) atoms. The smallest absolute Gasteiger partial charge is 0.248 e. The average Bonchev–Trinajstić information content (AvgIpc) is 3.15. The number of nitrogens with one attached hydrogen (secondary N) is 1. The fraction of sp³-hybridized carbons (Fsp3) is 0.474. The van der Waals surface area contributed by atoms with Gasteiger partial charge in [-0.1, -0.05) is 16.8 Å². The average molecular weight is 535 g/mol. The third kappa shape index (κ3) is 7.46. The molecule has 1 aromatic heterocycles. The van der Waals surface area contributed by atoms with Crippen LogP contribution >= 0.6 is 35.6 Å². The quantitative estimate of drug-likeness (QED) is 0.318. The summed E-state index contributed by atoms with van der Waals surface area (Å²) < 4.78 is 5.29. The molecule has 1 heterocycles. The van der Waals surface area contributed by atoms with Crippen molar-refractivity contribution in [3.63, 3.8) is 0 Å². The van der Waals surface area contributed by atoms with E-state index in [9.17, 15) is 4.79 Å². The Hall–Kier alpha value is -1.88. The van der Waals surface area contributed by atoms with Crippen molar-refractivity contribution in [2.24, 2.45) is 4.99 Å². The van der Waals surface area contributed by atoms with Crippen molar-refractivity contribution >= 4 is 47.4 Å². The molecule has 1 N–H and O–H groups in total. The molecule has 0 fully saturated rings. The maximum absolute atomic E-state index is 12.3. The Balaban J connectivity index is 0.00000420. The first kappa shape index (κ1) is 25.2. The van der Waals surface area contributed by atoms with Crippen LogP contribution in [0, 0.1) is 0 Å². The van der Waals surface area contributed by atoms with Crippen LogP contribution in [0.3, 0.4) is 0 Å². The highest BCUT2D eigenvalue weighted by atomic mass is 127. The number of rotatable bonds is 8. The molecule has 0 aliphatic heterocycles. The maximum Gasteiger partial charge on any atom is 0.248 e. The van der Waals surface area contributed by atoms with E-state index in [0.29, 0.717) is 42.3 Å². The number of amides is 1. The van der Waals surface area contributed by atoms with Crippen molar-refractivity contribution < 1.29 is 9.32 Å². The topological polar surface area (TPSA) is 86.9 Å². The fourth-order valence-electron chi connectivity index (χ4n) is 2.60. The van der Waals surface area contributed by atoms with Gasteiger partial charge in [-0.05, 0) is 45.0 Å². The number of carbonyl (C=O) groups excluding carboxylic acids is 1. The van der Waals surface area contributed by atoms with E-state index in [4.69, 9.17) is 16.1 Å². The highest BCUT2D eigenvalue weighted by Crippen LogP contribution is 2.18. The standard InChI is InChI=1S/C19H27ClN6O2.HI/c1-5-21-19(25(4)13-17(27)26(6-2)7-3)22-12-16-23-18(24-28-16)14-8-10-15(20)11-9-14;/h8-11H,5-7,12-13H2,1-4H3,(H,21,22);1H. The van der Waals surface area contributed by atoms with E-state index in [-0.39, 0.29) is 43.0 Å². The lowest BCUT2D eigenvalue weighted by Gasteiger charge is -2.25. The number of hydrogen-bond donors (Lipinski definition) is 1. The molecule has 1 amide bonds. The largest absolute Gasteiger partial charge is 0.356 e. The molecule has 1 aromatic carbocycles. The summed E-state index contributed by atoms with van der Waals surface area (Å²) in [5, 5.41) is 7.81. The van der Waals surface area contributed by atoms with E-state index in [0.717, 1.165) is 5.56 Å². The molecule has 0 radical (unpaired) electrons. The van der Waals surface area contributed by atoms with E-state index in [1.54, 1.807) is 21.9 Å². The minimum atomic E-state index is 0. The Morgan fingerprint density at radius 2 is 1.86 bits per heavy atom. The summed E-state index contributed by atoms with van der Waals surface area (Å²) in [6.07, 6.45) is 0. The molecular weight excluding hydrogens is 507 g/mol. The Kier molecular flexibility index (Phi) is 11.0. The van der Waals surface area contributed by atoms with Crippen LogP contribution in [0.4, 0.5) is 0 Å². The number of carbonyl (C=O) groups is 1. The molecule has 0 spiro atoms. The van der Waals surface area contributed by atoms with Crippen LogP contribution in [0.1, 0.15) is 26.7 Å². The molecule has 10 heteroatoms. The first-order chi connectivity index (χ1) is 13.5. The molecular formula is C19H28ClIN6O2. The van der Waals surface area contributed by atoms with Gasteiger partial charge in [0.1, 0.15) is 6.54 Å². The lowest BCUT2D eigenvalue weighted by molar-refractivity contribution is -0.131. The zero-order chi connectivity index (χ0) is 20.5. The minimum absolute atomic E-state index is 0. The molecule has 2 rings (SSSR count). The Bertz CT molecular complexity index is 792. The number of aliphatic imine (C=N–C) groups is 1. The van der Waals surface area contributed by atoms with Gasteiger partial charge in [0.2, 0.25) is 17.6 Å². The molecule has 0 aliphatic carbocycles. The van der Waals surface area contributed by atoms with Crippen molar-refractivity contribution in [2.75, 3.05) is 33.2 Å². The monoisotopic (exact) mass is 534 g/mol. The van der Waals surface area contributed by atoms with Gasteiger partial charge in [-0.3, -0.25) is 4.79 Å². The number of halogens is 2. The first-order valence-corrected chi connectivity index (χ1v) is 9.71. The zero-order valence-corrected chi connectivity index (χ0v) is 20.3. The molecule has 160 valence electrons. The van der Waals surface area contributed by atoms with Crippen molar-refractivity contribution in [2.45, 2.75) is 27.3 Å². The minimum Gasteiger partial charge on any atom is -0.356 e. The van der Waals surface area contributed by atoms with Gasteiger partial charge in [-0.15, -0.1) is 24.0 Å². The van der Waals surface area contributed by atoms with Crippen LogP contribution in [0.15, 0.2) is 33.8 Å². The lowest BCUT2D eigenvalue weighted by atomic mass is 10.2. The molecule has 2 aromatic rings. The second-order valence-electron chi connectivity index (χ2n) is 6.11. The predicted octanol–water partition coefficient (Wildman–Crippen LogP) is 3.27. The van der Waals surface area contributed by atoms with E-state index < -0.39 is 0 Å². The summed E-state index contributed by atoms with van der Waals surface area (Å²) in [6, 6.07) is 7.21. The predicted molar refractivity (Wildman–Crippen MR) is 126 cm³/mol. The number of nitrogens with zero attached hydrogens (tertiary/aromatic N) is 5. The van der Waals surface area contributed by atoms with Crippen molar-refractivity contribution in [1.82, 2.24) is 25.3 Å². The summed E-state index contributed by atoms with van der Waals surface area (Å²) in [5.74, 6) is 1.54. The normalized spacial score (nSPS) is 11.0. The van der Waals surface area contributed by atoms with Gasteiger partial charge in [-0.25, -0.2) is 4.99 Å². The first-order valence-electron chi connectivity index (χ1n) is 9.34. The van der Waals surface area contributed by atoms with Crippen LogP contribution < -0.4 is 5.32 Å². The Morgan fingerprint density at radius 3 is 2.45 bits per heavy atom. The van der Waals surface area contributed by atoms with Crippen LogP contribution in [0.2, 0.25) is 5.02 Å². The fourth-order valence-corrected chi connectivity index (χ4v) is 2.73. The SMILES string of the molecule is CCNC(=NCc1nc(-c2ccc(Cl)cc2)no1)N(C)CC(=O)N(CC)CC.I. The maximum atomic E-state index is 12.3. The van der Waals surface area contributed by atoms with Gasteiger partial charge < -0.3 is 19.6 Å². The summed E-state index contributed by atoms with van der Waals surface area (Å²) >= 11 is 5.90. The summed E-state index contributed by atoms with van der Waals surface area (Å²) in [4.78, 5) is 24.8. The lowest BCUT2D eigenvalue weighted by Crippen LogP contribution is -2.45. The molecule has 0 bridgehead atoms. The Morgan fingerprint density at radius 1 is 1.21 bits per heavy atom. The summed E-state index contributed by atoms with van der Waals surface area (Å²) in [7, 11) is 1.83. The highest BCUT2D eigenvalue weighted by Gasteiger charge is 2.15. The Labute approximate surface area is 193 Å². The van der Waals surface area contributed by atoms with Gasteiger partial charge in [0, 0.05) is 37.3 Å². The zero-order valence-electron chi connectivity index (χ0n) is 17.2. The molecule has 0 aliphatic rings. The molecule has 0 atom stereocenters. The van der Waals surface area contributed by atoms with Gasteiger partial charge in [0.25, 0.3) is 0 Å². The molecule has 0 saturated carbocycles.